The van der Waals surface area contributed by atoms with Crippen molar-refractivity contribution in [3.05, 3.63) is 114 Å². The predicted molar refractivity (Wildman–Crippen MR) is 125 cm³/mol. The first-order valence-electron chi connectivity index (χ1n) is 10.8. The highest BCUT2D eigenvalue weighted by Gasteiger charge is 2.35. The monoisotopic (exact) mass is 409 g/mol. The van der Waals surface area contributed by atoms with Crippen LogP contribution in [0.2, 0.25) is 0 Å². The third-order valence-corrected chi connectivity index (χ3v) is 6.02. The van der Waals surface area contributed by atoms with Crippen LogP contribution in [0.5, 0.6) is 5.75 Å². The van der Waals surface area contributed by atoms with Crippen LogP contribution in [0.1, 0.15) is 22.7 Å². The maximum Gasteiger partial charge on any atom is 0.133 e. The Balaban J connectivity index is 1.39. The minimum Gasteiger partial charge on any atom is -0.487 e. The van der Waals surface area contributed by atoms with Crippen molar-refractivity contribution < 1.29 is 9.47 Å². The molecule has 0 atom stereocenters. The number of methoxy groups -OCH3 is 1. The molecule has 0 bridgehead atoms. The zero-order valence-electron chi connectivity index (χ0n) is 17.8. The van der Waals surface area contributed by atoms with Crippen LogP contribution in [0.4, 0.5) is 0 Å². The second kappa shape index (κ2) is 8.93. The van der Waals surface area contributed by atoms with Crippen molar-refractivity contribution in [2.24, 2.45) is 0 Å². The van der Waals surface area contributed by atoms with E-state index in [1.165, 1.54) is 16.5 Å². The Morgan fingerprint density at radius 1 is 0.774 bits per heavy atom. The molecule has 1 saturated heterocycles. The molecule has 1 aliphatic rings. The number of benzene rings is 4. The average molecular weight is 410 g/mol. The van der Waals surface area contributed by atoms with Crippen molar-refractivity contribution in [2.45, 2.75) is 18.8 Å². The zero-order chi connectivity index (χ0) is 21.0. The Labute approximate surface area is 183 Å². The standard InChI is InChI=1S/C28H27NO2/c1-30-20-24-17-16-21-10-8-9-15-26(21)28(24)31-25-18-29(19-25)27(22-11-4-2-5-12-22)23-13-6-3-7-14-23/h2-17,25,27H,18-20H2,1H3. The van der Waals surface area contributed by atoms with E-state index < -0.39 is 0 Å². The van der Waals surface area contributed by atoms with Crippen LogP contribution in [-0.2, 0) is 11.3 Å². The van der Waals surface area contributed by atoms with Crippen LogP contribution >= 0.6 is 0 Å². The molecule has 5 rings (SSSR count). The number of likely N-dealkylation sites (tertiary alicyclic amines) is 1. The van der Waals surface area contributed by atoms with Gasteiger partial charge >= 0.3 is 0 Å². The lowest BCUT2D eigenvalue weighted by Crippen LogP contribution is -2.55. The Kier molecular flexibility index (Phi) is 5.70. The van der Waals surface area contributed by atoms with Crippen LogP contribution in [0.25, 0.3) is 10.8 Å². The Morgan fingerprint density at radius 2 is 1.39 bits per heavy atom. The van der Waals surface area contributed by atoms with Gasteiger partial charge in [-0.2, -0.15) is 0 Å². The number of ether oxygens (including phenoxy) is 2. The van der Waals surface area contributed by atoms with E-state index in [2.05, 4.69) is 102 Å². The molecule has 0 aliphatic carbocycles. The molecule has 4 aromatic carbocycles. The van der Waals surface area contributed by atoms with Gasteiger partial charge in [0.05, 0.1) is 12.6 Å². The van der Waals surface area contributed by atoms with Crippen molar-refractivity contribution in [1.29, 1.82) is 0 Å². The van der Waals surface area contributed by atoms with E-state index >= 15 is 0 Å². The van der Waals surface area contributed by atoms with Gasteiger partial charge in [0.25, 0.3) is 0 Å². The molecule has 1 heterocycles. The summed E-state index contributed by atoms with van der Waals surface area (Å²) in [6, 6.07) is 34.4. The van der Waals surface area contributed by atoms with Gasteiger partial charge in [0.2, 0.25) is 0 Å². The molecule has 3 nitrogen and oxygen atoms in total. The summed E-state index contributed by atoms with van der Waals surface area (Å²) in [5, 5.41) is 2.35. The van der Waals surface area contributed by atoms with Crippen LogP contribution < -0.4 is 4.74 Å². The van der Waals surface area contributed by atoms with Crippen LogP contribution in [-0.4, -0.2) is 31.2 Å². The van der Waals surface area contributed by atoms with E-state index in [-0.39, 0.29) is 12.1 Å². The smallest absolute Gasteiger partial charge is 0.133 e. The first kappa shape index (κ1) is 19.8. The van der Waals surface area contributed by atoms with Crippen LogP contribution in [0, 0.1) is 0 Å². The lowest BCUT2D eigenvalue weighted by molar-refractivity contribution is -0.000124. The third kappa shape index (κ3) is 4.07. The molecule has 1 fully saturated rings. The predicted octanol–water partition coefficient (Wildman–Crippen LogP) is 5.84. The van der Waals surface area contributed by atoms with Crippen LogP contribution in [0.15, 0.2) is 97.1 Å². The van der Waals surface area contributed by atoms with Gasteiger partial charge in [-0.15, -0.1) is 0 Å². The summed E-state index contributed by atoms with van der Waals surface area (Å²) in [5.74, 6) is 0.959. The number of rotatable bonds is 7. The van der Waals surface area contributed by atoms with Crippen molar-refractivity contribution in [3.63, 3.8) is 0 Å². The third-order valence-electron chi connectivity index (χ3n) is 6.02. The van der Waals surface area contributed by atoms with Gasteiger partial charge in [-0.1, -0.05) is 97.1 Å². The van der Waals surface area contributed by atoms with E-state index in [4.69, 9.17) is 9.47 Å². The number of hydrogen-bond donors (Lipinski definition) is 0. The van der Waals surface area contributed by atoms with Crippen LogP contribution in [0.3, 0.4) is 0 Å². The molecular formula is C28H27NO2. The number of nitrogens with zero attached hydrogens (tertiary/aromatic N) is 1. The van der Waals surface area contributed by atoms with Gasteiger partial charge in [0, 0.05) is 31.1 Å². The normalized spacial score (nSPS) is 14.6. The van der Waals surface area contributed by atoms with Crippen molar-refractivity contribution in [1.82, 2.24) is 4.90 Å². The van der Waals surface area contributed by atoms with Crippen molar-refractivity contribution in [2.75, 3.05) is 20.2 Å². The maximum atomic E-state index is 6.58. The molecule has 0 aromatic heterocycles. The molecule has 4 aromatic rings. The van der Waals surface area contributed by atoms with Crippen molar-refractivity contribution in [3.8, 4) is 5.75 Å². The molecule has 3 heteroatoms. The van der Waals surface area contributed by atoms with Crippen molar-refractivity contribution >= 4 is 10.8 Å². The van der Waals surface area contributed by atoms with E-state index in [9.17, 15) is 0 Å². The highest BCUT2D eigenvalue weighted by atomic mass is 16.5. The Bertz CT molecular complexity index is 1100. The minimum atomic E-state index is 0.163. The van der Waals surface area contributed by atoms with Gasteiger partial charge in [-0.05, 0) is 16.5 Å². The SMILES string of the molecule is COCc1ccc2ccccc2c1OC1CN(C(c2ccccc2)c2ccccc2)C1. The molecule has 1 aliphatic heterocycles. The summed E-state index contributed by atoms with van der Waals surface area (Å²) in [6.45, 7) is 2.33. The summed E-state index contributed by atoms with van der Waals surface area (Å²) < 4.78 is 12.0. The molecule has 0 N–H and O–H groups in total. The summed E-state index contributed by atoms with van der Waals surface area (Å²) in [4.78, 5) is 2.50. The van der Waals surface area contributed by atoms with Gasteiger partial charge in [-0.3, -0.25) is 4.90 Å². The summed E-state index contributed by atoms with van der Waals surface area (Å²) in [6.07, 6.45) is 0.163. The molecule has 0 unspecified atom stereocenters. The highest BCUT2D eigenvalue weighted by Crippen LogP contribution is 2.36. The topological polar surface area (TPSA) is 21.7 Å². The van der Waals surface area contributed by atoms with Gasteiger partial charge < -0.3 is 9.47 Å². The van der Waals surface area contributed by atoms with Gasteiger partial charge in [-0.25, -0.2) is 0 Å². The number of hydrogen-bond acceptors (Lipinski definition) is 3. The fraction of sp³-hybridized carbons (Fsp3) is 0.214. The molecular weight excluding hydrogens is 382 g/mol. The second-order valence-electron chi connectivity index (χ2n) is 8.13. The fourth-order valence-electron chi connectivity index (χ4n) is 4.50. The summed E-state index contributed by atoms with van der Waals surface area (Å²) >= 11 is 0. The molecule has 0 spiro atoms. The molecule has 156 valence electrons. The lowest BCUT2D eigenvalue weighted by Gasteiger charge is -2.44. The Morgan fingerprint density at radius 3 is 2.03 bits per heavy atom. The summed E-state index contributed by atoms with van der Waals surface area (Å²) in [7, 11) is 1.73. The first-order valence-corrected chi connectivity index (χ1v) is 10.8. The summed E-state index contributed by atoms with van der Waals surface area (Å²) in [5.41, 5.74) is 3.73. The molecule has 0 radical (unpaired) electrons. The largest absolute Gasteiger partial charge is 0.487 e. The van der Waals surface area contributed by atoms with E-state index in [1.807, 2.05) is 0 Å². The highest BCUT2D eigenvalue weighted by molar-refractivity contribution is 5.89. The number of fused-ring (bicyclic) bond motifs is 1. The Hall–Kier alpha value is -3.14. The van der Waals surface area contributed by atoms with E-state index in [0.29, 0.717) is 6.61 Å². The second-order valence-corrected chi connectivity index (χ2v) is 8.13. The molecule has 31 heavy (non-hydrogen) atoms. The van der Waals surface area contributed by atoms with Gasteiger partial charge in [0.1, 0.15) is 11.9 Å². The lowest BCUT2D eigenvalue weighted by atomic mass is 9.93. The van der Waals surface area contributed by atoms with E-state index in [0.717, 1.165) is 29.8 Å². The molecule has 0 amide bonds. The fourth-order valence-corrected chi connectivity index (χ4v) is 4.50. The maximum absolute atomic E-state index is 6.58. The van der Waals surface area contributed by atoms with E-state index in [1.54, 1.807) is 7.11 Å². The first-order chi connectivity index (χ1) is 15.3. The average Bonchev–Trinajstić information content (AvgIpc) is 2.80. The zero-order valence-corrected chi connectivity index (χ0v) is 17.8. The molecule has 0 saturated carbocycles. The minimum absolute atomic E-state index is 0.163. The quantitative estimate of drug-likeness (QED) is 0.383. The van der Waals surface area contributed by atoms with Gasteiger partial charge in [0.15, 0.2) is 0 Å².